The maximum absolute atomic E-state index is 11.2. The lowest BCUT2D eigenvalue weighted by Crippen LogP contribution is -2.36. The Morgan fingerprint density at radius 2 is 2.25 bits per heavy atom. The monoisotopic (exact) mass is 329 g/mol. The van der Waals surface area contributed by atoms with Crippen LogP contribution in [0.1, 0.15) is 24.6 Å². The van der Waals surface area contributed by atoms with Crippen molar-refractivity contribution in [1.29, 1.82) is 0 Å². The summed E-state index contributed by atoms with van der Waals surface area (Å²) in [5, 5.41) is 0. The van der Waals surface area contributed by atoms with E-state index >= 15 is 0 Å². The fourth-order valence-electron chi connectivity index (χ4n) is 3.09. The van der Waals surface area contributed by atoms with E-state index in [-0.39, 0.29) is 18.4 Å². The maximum atomic E-state index is 11.2. The van der Waals surface area contributed by atoms with E-state index in [9.17, 15) is 4.79 Å². The van der Waals surface area contributed by atoms with Crippen LogP contribution in [0.15, 0.2) is 24.8 Å². The first kappa shape index (κ1) is 16.2. The number of primary amides is 1. The fourth-order valence-corrected chi connectivity index (χ4v) is 3.09. The summed E-state index contributed by atoms with van der Waals surface area (Å²) in [6, 6.07) is 0. The topological polar surface area (TPSA) is 93.2 Å². The van der Waals surface area contributed by atoms with Gasteiger partial charge >= 0.3 is 0 Å². The molecule has 1 aliphatic rings. The Labute approximate surface area is 141 Å². The Kier molecular flexibility index (Phi) is 4.64. The average Bonchev–Trinajstić information content (AvgIpc) is 3.02. The van der Waals surface area contributed by atoms with Crippen molar-refractivity contribution in [3.63, 3.8) is 0 Å². The number of imidazole rings is 1. The molecule has 8 heteroatoms. The van der Waals surface area contributed by atoms with Crippen LogP contribution in [0, 0.1) is 0 Å². The van der Waals surface area contributed by atoms with Crippen molar-refractivity contribution >= 4 is 17.5 Å². The molecule has 3 heterocycles. The van der Waals surface area contributed by atoms with Crippen LogP contribution in [0.2, 0.25) is 0 Å². The molecule has 1 amide bonds. The second-order valence-electron chi connectivity index (χ2n) is 6.29. The number of rotatable bonds is 5. The highest BCUT2D eigenvalue weighted by atomic mass is 16.1. The summed E-state index contributed by atoms with van der Waals surface area (Å²) in [6.45, 7) is 1.92. The molecule has 24 heavy (non-hydrogen) atoms. The van der Waals surface area contributed by atoms with E-state index in [1.165, 1.54) is 0 Å². The molecule has 2 aromatic rings. The molecule has 8 nitrogen and oxygen atoms in total. The predicted octanol–water partition coefficient (Wildman–Crippen LogP) is 0.608. The molecular formula is C16H23N7O. The van der Waals surface area contributed by atoms with Gasteiger partial charge in [-0.1, -0.05) is 0 Å². The molecule has 3 rings (SSSR count). The zero-order valence-electron chi connectivity index (χ0n) is 14.1. The molecule has 0 saturated carbocycles. The number of amides is 1. The summed E-state index contributed by atoms with van der Waals surface area (Å²) < 4.78 is 1.85. The zero-order valence-corrected chi connectivity index (χ0v) is 14.1. The molecule has 0 unspecified atom stereocenters. The van der Waals surface area contributed by atoms with Crippen LogP contribution in [-0.4, -0.2) is 52.6 Å². The number of aromatic nitrogens is 4. The van der Waals surface area contributed by atoms with Gasteiger partial charge in [0.15, 0.2) is 0 Å². The third kappa shape index (κ3) is 3.47. The second-order valence-corrected chi connectivity index (χ2v) is 6.29. The van der Waals surface area contributed by atoms with Crippen LogP contribution in [-0.2, 0) is 11.3 Å². The number of nitrogens with two attached hydrogens (primary N) is 1. The van der Waals surface area contributed by atoms with Crippen LogP contribution in [0.25, 0.3) is 0 Å². The summed E-state index contributed by atoms with van der Waals surface area (Å²) >= 11 is 0. The Morgan fingerprint density at radius 3 is 3.00 bits per heavy atom. The van der Waals surface area contributed by atoms with Crippen molar-refractivity contribution in [3.05, 3.63) is 30.6 Å². The van der Waals surface area contributed by atoms with Crippen LogP contribution in [0.3, 0.4) is 0 Å². The van der Waals surface area contributed by atoms with Crippen molar-refractivity contribution in [3.8, 4) is 0 Å². The molecule has 1 atom stereocenters. The first-order chi connectivity index (χ1) is 11.5. The number of nitrogens with zero attached hydrogens (tertiary/aromatic N) is 6. The van der Waals surface area contributed by atoms with E-state index < -0.39 is 0 Å². The van der Waals surface area contributed by atoms with Crippen molar-refractivity contribution in [2.45, 2.75) is 25.3 Å². The zero-order chi connectivity index (χ0) is 17.1. The van der Waals surface area contributed by atoms with Gasteiger partial charge in [-0.3, -0.25) is 9.78 Å². The lowest BCUT2D eigenvalue weighted by atomic mass is 9.97. The minimum atomic E-state index is -0.355. The highest BCUT2D eigenvalue weighted by Gasteiger charge is 2.26. The van der Waals surface area contributed by atoms with E-state index in [0.29, 0.717) is 0 Å². The van der Waals surface area contributed by atoms with Gasteiger partial charge in [0.05, 0.1) is 12.4 Å². The van der Waals surface area contributed by atoms with Crippen molar-refractivity contribution in [2.24, 2.45) is 5.73 Å². The normalized spacial score (nSPS) is 17.8. The standard InChI is InChI=1S/C16H23N7O/c1-21(2)14-8-18-9-15(20-14)22-6-3-4-12(10-22)16-19-5-7-23(16)11-13(17)24/h5,7-9,12H,3-4,6,10-11H2,1-2H3,(H2,17,24)/t12-/m1/s1. The first-order valence-electron chi connectivity index (χ1n) is 8.08. The van der Waals surface area contributed by atoms with Gasteiger partial charge in [0, 0.05) is 45.5 Å². The van der Waals surface area contributed by atoms with Crippen molar-refractivity contribution in [2.75, 3.05) is 37.0 Å². The largest absolute Gasteiger partial charge is 0.368 e. The Bertz CT molecular complexity index is 712. The third-order valence-corrected chi connectivity index (χ3v) is 4.25. The number of hydrogen-bond donors (Lipinski definition) is 1. The highest BCUT2D eigenvalue weighted by molar-refractivity contribution is 5.73. The number of piperidine rings is 1. The first-order valence-corrected chi connectivity index (χ1v) is 8.08. The average molecular weight is 329 g/mol. The van der Waals surface area contributed by atoms with E-state index in [2.05, 4.69) is 19.9 Å². The summed E-state index contributed by atoms with van der Waals surface area (Å²) in [6.07, 6.45) is 9.17. The van der Waals surface area contributed by atoms with Gasteiger partial charge in [-0.25, -0.2) is 9.97 Å². The molecule has 1 fully saturated rings. The fraction of sp³-hybridized carbons (Fsp3) is 0.500. The van der Waals surface area contributed by atoms with Gasteiger partial charge in [0.2, 0.25) is 5.91 Å². The Morgan fingerprint density at radius 1 is 1.42 bits per heavy atom. The van der Waals surface area contributed by atoms with E-state index in [0.717, 1.165) is 43.4 Å². The van der Waals surface area contributed by atoms with Gasteiger partial charge in [0.25, 0.3) is 0 Å². The molecular weight excluding hydrogens is 306 g/mol. The van der Waals surface area contributed by atoms with Crippen molar-refractivity contribution < 1.29 is 4.79 Å². The highest BCUT2D eigenvalue weighted by Crippen LogP contribution is 2.28. The molecule has 2 N–H and O–H groups in total. The summed E-state index contributed by atoms with van der Waals surface area (Å²) in [5.74, 6) is 2.52. The van der Waals surface area contributed by atoms with Gasteiger partial charge in [0.1, 0.15) is 24.0 Å². The predicted molar refractivity (Wildman–Crippen MR) is 92.0 cm³/mol. The quantitative estimate of drug-likeness (QED) is 0.864. The smallest absolute Gasteiger partial charge is 0.237 e. The second kappa shape index (κ2) is 6.86. The third-order valence-electron chi connectivity index (χ3n) is 4.25. The van der Waals surface area contributed by atoms with Gasteiger partial charge in [-0.15, -0.1) is 0 Å². The van der Waals surface area contributed by atoms with Gasteiger partial charge in [-0.2, -0.15) is 0 Å². The SMILES string of the molecule is CN(C)c1cncc(N2CCC[C@@H](c3nccn3CC(N)=O)C2)n1. The number of hydrogen-bond acceptors (Lipinski definition) is 6. The molecule has 1 aliphatic heterocycles. The Balaban J connectivity index is 1.79. The van der Waals surface area contributed by atoms with E-state index in [4.69, 9.17) is 5.73 Å². The molecule has 2 aromatic heterocycles. The number of anilines is 2. The van der Waals surface area contributed by atoms with Gasteiger partial charge < -0.3 is 20.1 Å². The molecule has 0 radical (unpaired) electrons. The summed E-state index contributed by atoms with van der Waals surface area (Å²) in [5.41, 5.74) is 5.32. The molecule has 1 saturated heterocycles. The Hall–Kier alpha value is -2.64. The van der Waals surface area contributed by atoms with Crippen LogP contribution in [0.4, 0.5) is 11.6 Å². The van der Waals surface area contributed by atoms with Crippen molar-refractivity contribution in [1.82, 2.24) is 19.5 Å². The summed E-state index contributed by atoms with van der Waals surface area (Å²) in [7, 11) is 3.90. The number of carbonyl (C=O) groups is 1. The number of carbonyl (C=O) groups excluding carboxylic acids is 1. The lowest BCUT2D eigenvalue weighted by molar-refractivity contribution is -0.118. The molecule has 0 aliphatic carbocycles. The molecule has 0 aromatic carbocycles. The van der Waals surface area contributed by atoms with Crippen LogP contribution in [0.5, 0.6) is 0 Å². The van der Waals surface area contributed by atoms with Gasteiger partial charge in [-0.05, 0) is 12.8 Å². The molecule has 128 valence electrons. The van der Waals surface area contributed by atoms with E-state index in [1.54, 1.807) is 18.6 Å². The summed E-state index contributed by atoms with van der Waals surface area (Å²) in [4.78, 5) is 28.8. The molecule has 0 bridgehead atoms. The molecule has 0 spiro atoms. The van der Waals surface area contributed by atoms with Crippen LogP contribution >= 0.6 is 0 Å². The minimum Gasteiger partial charge on any atom is -0.368 e. The maximum Gasteiger partial charge on any atom is 0.237 e. The lowest BCUT2D eigenvalue weighted by Gasteiger charge is -2.33. The van der Waals surface area contributed by atoms with Crippen LogP contribution < -0.4 is 15.5 Å². The van der Waals surface area contributed by atoms with E-state index in [1.807, 2.05) is 29.8 Å². The minimum absolute atomic E-state index is 0.168.